The number of nitrogens with zero attached hydrogens (tertiary/aromatic N) is 2. The van der Waals surface area contributed by atoms with Crippen molar-refractivity contribution in [2.24, 2.45) is 0 Å². The van der Waals surface area contributed by atoms with Crippen molar-refractivity contribution in [3.8, 4) is 0 Å². The van der Waals surface area contributed by atoms with Crippen molar-refractivity contribution in [1.29, 1.82) is 0 Å². The maximum atomic E-state index is 12.0. The largest absolute Gasteiger partial charge is 0.462 e. The Kier molecular flexibility index (Phi) is 8.08. The summed E-state index contributed by atoms with van der Waals surface area (Å²) in [5, 5.41) is 13.6. The molecule has 0 amide bonds. The number of hydrogen-bond donors (Lipinski definition) is 1. The third-order valence-corrected chi connectivity index (χ3v) is 4.80. The van der Waals surface area contributed by atoms with E-state index in [4.69, 9.17) is 4.74 Å². The molecule has 2 rings (SSSR count). The van der Waals surface area contributed by atoms with Crippen LogP contribution in [0.25, 0.3) is 0 Å². The highest BCUT2D eigenvalue weighted by Crippen LogP contribution is 2.12. The predicted molar refractivity (Wildman–Crippen MR) is 109 cm³/mol. The molecule has 9 nitrogen and oxygen atoms in total. The Morgan fingerprint density at radius 3 is 2.45 bits per heavy atom. The second kappa shape index (κ2) is 10.5. The second-order valence-electron chi connectivity index (χ2n) is 6.55. The zero-order chi connectivity index (χ0) is 21.3. The molecule has 0 bridgehead atoms. The van der Waals surface area contributed by atoms with Crippen LogP contribution in [0.5, 0.6) is 0 Å². The van der Waals surface area contributed by atoms with Crippen molar-refractivity contribution >= 4 is 27.3 Å². The van der Waals surface area contributed by atoms with E-state index in [-0.39, 0.29) is 11.4 Å². The van der Waals surface area contributed by atoms with Gasteiger partial charge in [-0.1, -0.05) is 12.1 Å². The van der Waals surface area contributed by atoms with Crippen molar-refractivity contribution in [2.45, 2.75) is 25.0 Å². The number of rotatable bonds is 11. The number of nitrogens with one attached hydrogen (secondary N) is 1. The predicted octanol–water partition coefficient (Wildman–Crippen LogP) is 2.97. The van der Waals surface area contributed by atoms with Gasteiger partial charge in [0.25, 0.3) is 5.69 Å². The summed E-state index contributed by atoms with van der Waals surface area (Å²) in [4.78, 5) is 26.0. The first kappa shape index (κ1) is 22.3. The van der Waals surface area contributed by atoms with Crippen LogP contribution in [-0.2, 0) is 20.3 Å². The molecule has 0 spiro atoms. The first-order valence-electron chi connectivity index (χ1n) is 9.03. The molecule has 156 valence electrons. The van der Waals surface area contributed by atoms with E-state index in [0.717, 1.165) is 19.1 Å². The molecule has 0 saturated heterocycles. The summed E-state index contributed by atoms with van der Waals surface area (Å²) in [5.41, 5.74) is 0.953. The number of unbranched alkanes of at least 4 members (excludes halogenated alkanes) is 2. The fourth-order valence-electron chi connectivity index (χ4n) is 2.51. The van der Waals surface area contributed by atoms with Gasteiger partial charge in [-0.25, -0.2) is 18.2 Å². The lowest BCUT2D eigenvalue weighted by Gasteiger charge is -2.07. The number of ether oxygens (including phenoxy) is 1. The molecular formula is C19H23N3O6S. The minimum absolute atomic E-state index is 0.0533. The third-order valence-electron chi connectivity index (χ3n) is 3.94. The summed E-state index contributed by atoms with van der Waals surface area (Å²) in [7, 11) is -3.11. The number of esters is 1. The van der Waals surface area contributed by atoms with Crippen molar-refractivity contribution in [3.63, 3.8) is 0 Å². The van der Waals surface area contributed by atoms with Crippen LogP contribution in [-0.4, -0.2) is 43.7 Å². The van der Waals surface area contributed by atoms with Crippen molar-refractivity contribution < 1.29 is 22.9 Å². The van der Waals surface area contributed by atoms with Gasteiger partial charge in [-0.15, -0.1) is 0 Å². The van der Waals surface area contributed by atoms with Crippen LogP contribution >= 0.6 is 0 Å². The maximum Gasteiger partial charge on any atom is 0.338 e. The highest BCUT2D eigenvalue weighted by molar-refractivity contribution is 7.89. The van der Waals surface area contributed by atoms with Crippen molar-refractivity contribution in [3.05, 3.63) is 63.8 Å². The number of aromatic nitrogens is 1. The Morgan fingerprint density at radius 1 is 1.14 bits per heavy atom. The van der Waals surface area contributed by atoms with Crippen LogP contribution in [0.1, 0.15) is 35.2 Å². The Bertz CT molecular complexity index is 927. The lowest BCUT2D eigenvalue weighted by atomic mass is 10.1. The van der Waals surface area contributed by atoms with E-state index < -0.39 is 20.7 Å². The van der Waals surface area contributed by atoms with Gasteiger partial charge in [0, 0.05) is 18.9 Å². The number of pyridine rings is 1. The summed E-state index contributed by atoms with van der Waals surface area (Å²) in [6.45, 7) is 0.945. The minimum Gasteiger partial charge on any atom is -0.462 e. The Labute approximate surface area is 169 Å². The Morgan fingerprint density at radius 2 is 1.86 bits per heavy atom. The molecule has 0 aliphatic heterocycles. The van der Waals surface area contributed by atoms with Crippen LogP contribution < -0.4 is 5.32 Å². The van der Waals surface area contributed by atoms with Gasteiger partial charge in [-0.2, -0.15) is 0 Å². The molecule has 1 heterocycles. The summed E-state index contributed by atoms with van der Waals surface area (Å²) in [5.74, 6) is 0.0663. The standard InChI is InChI=1S/C19H23N3O6S/c1-29(26,27)14-15-5-7-16(8-6-15)19(23)28-12-4-2-3-11-20-18-10-9-17(13-21-18)22(24)25/h5-10,13H,2-4,11-12,14H2,1H3,(H,20,21). The smallest absolute Gasteiger partial charge is 0.338 e. The SMILES string of the molecule is CS(=O)(=O)Cc1ccc(C(=O)OCCCCCNc2ccc([N+](=O)[O-])cn2)cc1. The molecule has 0 aliphatic rings. The molecule has 0 fully saturated rings. The minimum atomic E-state index is -3.11. The maximum absolute atomic E-state index is 12.0. The van der Waals surface area contributed by atoms with Crippen LogP contribution in [0.3, 0.4) is 0 Å². The first-order valence-corrected chi connectivity index (χ1v) is 11.1. The van der Waals surface area contributed by atoms with E-state index in [1.54, 1.807) is 30.3 Å². The summed E-state index contributed by atoms with van der Waals surface area (Å²) >= 11 is 0. The van der Waals surface area contributed by atoms with Gasteiger partial charge in [0.2, 0.25) is 0 Å². The van der Waals surface area contributed by atoms with Crippen LogP contribution in [0.4, 0.5) is 11.5 Å². The summed E-state index contributed by atoms with van der Waals surface area (Å²) in [6.07, 6.45) is 4.73. The van der Waals surface area contributed by atoms with Crippen LogP contribution in [0.15, 0.2) is 42.6 Å². The van der Waals surface area contributed by atoms with Gasteiger partial charge >= 0.3 is 5.97 Å². The molecule has 0 saturated carbocycles. The average molecular weight is 421 g/mol. The molecule has 0 radical (unpaired) electrons. The normalized spacial score (nSPS) is 11.1. The molecule has 29 heavy (non-hydrogen) atoms. The number of carbonyl (C=O) groups excluding carboxylic acids is 1. The monoisotopic (exact) mass is 421 g/mol. The molecule has 10 heteroatoms. The molecule has 0 atom stereocenters. The number of carbonyl (C=O) groups is 1. The van der Waals surface area contributed by atoms with E-state index in [2.05, 4.69) is 10.3 Å². The number of anilines is 1. The second-order valence-corrected chi connectivity index (χ2v) is 8.69. The average Bonchev–Trinajstić information content (AvgIpc) is 2.66. The molecule has 1 N–H and O–H groups in total. The van der Waals surface area contributed by atoms with Crippen LogP contribution in [0, 0.1) is 10.1 Å². The number of nitro groups is 1. The highest BCUT2D eigenvalue weighted by Gasteiger charge is 2.09. The van der Waals surface area contributed by atoms with Gasteiger partial charge in [0.1, 0.15) is 12.0 Å². The zero-order valence-electron chi connectivity index (χ0n) is 16.0. The molecule has 2 aromatic rings. The fraction of sp³-hybridized carbons (Fsp3) is 0.368. The number of hydrogen-bond acceptors (Lipinski definition) is 8. The zero-order valence-corrected chi connectivity index (χ0v) is 16.9. The highest BCUT2D eigenvalue weighted by atomic mass is 32.2. The van der Waals surface area contributed by atoms with Gasteiger partial charge in [-0.05, 0) is 43.0 Å². The lowest BCUT2D eigenvalue weighted by molar-refractivity contribution is -0.385. The summed E-state index contributed by atoms with van der Waals surface area (Å²) < 4.78 is 27.7. The summed E-state index contributed by atoms with van der Waals surface area (Å²) in [6, 6.07) is 9.28. The van der Waals surface area contributed by atoms with E-state index >= 15 is 0 Å². The number of benzene rings is 1. The first-order chi connectivity index (χ1) is 13.7. The van der Waals surface area contributed by atoms with E-state index in [1.807, 2.05) is 0 Å². The van der Waals surface area contributed by atoms with Gasteiger partial charge in [-0.3, -0.25) is 10.1 Å². The fourth-order valence-corrected chi connectivity index (χ4v) is 3.30. The van der Waals surface area contributed by atoms with Gasteiger partial charge in [0.05, 0.1) is 22.8 Å². The Hall–Kier alpha value is -3.01. The topological polar surface area (TPSA) is 128 Å². The van der Waals surface area contributed by atoms with Gasteiger partial charge < -0.3 is 10.1 Å². The number of sulfone groups is 1. The quantitative estimate of drug-likeness (QED) is 0.254. The molecule has 0 aliphatic carbocycles. The van der Waals surface area contributed by atoms with Gasteiger partial charge in [0.15, 0.2) is 9.84 Å². The van der Waals surface area contributed by atoms with E-state index in [0.29, 0.717) is 36.5 Å². The lowest BCUT2D eigenvalue weighted by Crippen LogP contribution is -2.08. The van der Waals surface area contributed by atoms with Crippen molar-refractivity contribution in [1.82, 2.24) is 4.98 Å². The van der Waals surface area contributed by atoms with E-state index in [9.17, 15) is 23.3 Å². The molecule has 1 aromatic heterocycles. The molecular weight excluding hydrogens is 398 g/mol. The van der Waals surface area contributed by atoms with Crippen LogP contribution in [0.2, 0.25) is 0 Å². The Balaban J connectivity index is 1.61. The van der Waals surface area contributed by atoms with Crippen molar-refractivity contribution in [2.75, 3.05) is 24.7 Å². The third kappa shape index (κ3) is 8.26. The molecule has 1 aromatic carbocycles. The van der Waals surface area contributed by atoms with E-state index in [1.165, 1.54) is 12.3 Å². The molecule has 0 unspecified atom stereocenters.